The minimum Gasteiger partial charge on any atom is -0.486 e. The first-order chi connectivity index (χ1) is 16.3. The highest BCUT2D eigenvalue weighted by atomic mass is 35.5. The maximum absolute atomic E-state index is 13.5. The number of benzene rings is 3. The molecule has 178 valence electrons. The van der Waals surface area contributed by atoms with Gasteiger partial charge in [0.05, 0.1) is 16.6 Å². The van der Waals surface area contributed by atoms with Crippen LogP contribution in [0.3, 0.4) is 0 Å². The highest BCUT2D eigenvalue weighted by Gasteiger charge is 2.29. The molecule has 1 N–H and O–H groups in total. The van der Waals surface area contributed by atoms with E-state index in [9.17, 15) is 13.2 Å². The largest absolute Gasteiger partial charge is 0.486 e. The Morgan fingerprint density at radius 1 is 1.03 bits per heavy atom. The third-order valence-corrected chi connectivity index (χ3v) is 7.75. The Morgan fingerprint density at radius 3 is 2.47 bits per heavy atom. The van der Waals surface area contributed by atoms with Gasteiger partial charge in [0.2, 0.25) is 5.91 Å². The lowest BCUT2D eigenvalue weighted by Crippen LogP contribution is -2.42. The summed E-state index contributed by atoms with van der Waals surface area (Å²) in [6, 6.07) is 18.1. The van der Waals surface area contributed by atoms with Crippen molar-refractivity contribution >= 4 is 33.2 Å². The fourth-order valence-corrected chi connectivity index (χ4v) is 5.38. The molecule has 9 heteroatoms. The number of fused-ring (bicyclic) bond motifs is 1. The van der Waals surface area contributed by atoms with Crippen LogP contribution in [0.15, 0.2) is 71.6 Å². The van der Waals surface area contributed by atoms with Gasteiger partial charge < -0.3 is 14.8 Å². The molecule has 1 amide bonds. The van der Waals surface area contributed by atoms with Crippen LogP contribution >= 0.6 is 11.6 Å². The average molecular weight is 501 g/mol. The van der Waals surface area contributed by atoms with Gasteiger partial charge in [-0.15, -0.1) is 0 Å². The Kier molecular flexibility index (Phi) is 7.00. The Bertz CT molecular complexity index is 1300. The Hall–Kier alpha value is -3.23. The predicted molar refractivity (Wildman–Crippen MR) is 131 cm³/mol. The molecular formula is C25H25ClN2O5S. The number of amides is 1. The van der Waals surface area contributed by atoms with Gasteiger partial charge in [0.1, 0.15) is 19.8 Å². The first-order valence-electron chi connectivity index (χ1n) is 10.8. The summed E-state index contributed by atoms with van der Waals surface area (Å²) >= 11 is 6.27. The van der Waals surface area contributed by atoms with Crippen LogP contribution in [-0.4, -0.2) is 34.1 Å². The molecule has 7 nitrogen and oxygen atoms in total. The molecule has 0 spiro atoms. The van der Waals surface area contributed by atoms with Gasteiger partial charge in [-0.25, -0.2) is 8.42 Å². The number of hydrogen-bond acceptors (Lipinski definition) is 5. The second kappa shape index (κ2) is 9.95. The van der Waals surface area contributed by atoms with Crippen molar-refractivity contribution in [2.45, 2.75) is 24.8 Å². The van der Waals surface area contributed by atoms with Crippen molar-refractivity contribution in [3.63, 3.8) is 0 Å². The normalized spacial score (nSPS) is 13.7. The first kappa shape index (κ1) is 23.9. The number of sulfonamides is 1. The third-order valence-electron chi connectivity index (χ3n) is 5.57. The second-order valence-electron chi connectivity index (χ2n) is 7.90. The van der Waals surface area contributed by atoms with Crippen LogP contribution in [0.2, 0.25) is 5.02 Å². The molecule has 34 heavy (non-hydrogen) atoms. The van der Waals surface area contributed by atoms with Crippen LogP contribution in [0.1, 0.15) is 24.1 Å². The highest BCUT2D eigenvalue weighted by Crippen LogP contribution is 2.33. The van der Waals surface area contributed by atoms with Crippen molar-refractivity contribution < 1.29 is 22.7 Å². The van der Waals surface area contributed by atoms with E-state index in [1.54, 1.807) is 49.4 Å². The summed E-state index contributed by atoms with van der Waals surface area (Å²) in [5.41, 5.74) is 1.73. The van der Waals surface area contributed by atoms with Crippen LogP contribution in [0.4, 0.5) is 5.69 Å². The van der Waals surface area contributed by atoms with Crippen molar-refractivity contribution in [1.82, 2.24) is 5.32 Å². The predicted octanol–water partition coefficient (Wildman–Crippen LogP) is 4.49. The summed E-state index contributed by atoms with van der Waals surface area (Å²) in [6.45, 7) is 4.09. The Morgan fingerprint density at radius 2 is 1.74 bits per heavy atom. The molecule has 1 heterocycles. The average Bonchev–Trinajstić information content (AvgIpc) is 2.84. The zero-order valence-electron chi connectivity index (χ0n) is 18.8. The maximum atomic E-state index is 13.5. The smallest absolute Gasteiger partial charge is 0.264 e. The van der Waals surface area contributed by atoms with Crippen LogP contribution in [0, 0.1) is 6.92 Å². The van der Waals surface area contributed by atoms with Gasteiger partial charge in [0, 0.05) is 5.02 Å². The summed E-state index contributed by atoms with van der Waals surface area (Å²) in [7, 11) is -4.02. The van der Waals surface area contributed by atoms with Crippen LogP contribution < -0.4 is 19.1 Å². The molecule has 1 unspecified atom stereocenters. The number of hydrogen-bond donors (Lipinski definition) is 1. The molecule has 0 radical (unpaired) electrons. The fraction of sp³-hybridized carbons (Fsp3) is 0.240. The van der Waals surface area contributed by atoms with Crippen molar-refractivity contribution in [3.8, 4) is 11.5 Å². The molecule has 0 saturated carbocycles. The highest BCUT2D eigenvalue weighted by molar-refractivity contribution is 7.92. The van der Waals surface area contributed by atoms with Crippen molar-refractivity contribution in [3.05, 3.63) is 82.9 Å². The number of nitrogens with zero attached hydrogens (tertiary/aromatic N) is 1. The van der Waals surface area contributed by atoms with E-state index in [0.29, 0.717) is 41.0 Å². The van der Waals surface area contributed by atoms with E-state index >= 15 is 0 Å². The standard InChI is InChI=1S/C25H25ClN2O5S/c1-17-21(26)9-6-10-22(17)28(34(30,31)20-7-4-3-5-8-20)16-25(29)27-18(2)19-11-12-23-24(15-19)33-14-13-32-23/h3-12,15,18H,13-14,16H2,1-2H3,(H,27,29). The number of rotatable bonds is 7. The zero-order chi connectivity index (χ0) is 24.3. The number of nitrogens with one attached hydrogen (secondary N) is 1. The molecule has 1 aliphatic heterocycles. The molecule has 3 aromatic carbocycles. The lowest BCUT2D eigenvalue weighted by atomic mass is 10.1. The zero-order valence-corrected chi connectivity index (χ0v) is 20.4. The number of anilines is 1. The summed E-state index contributed by atoms with van der Waals surface area (Å²) in [5, 5.41) is 3.30. The van der Waals surface area contributed by atoms with Gasteiger partial charge in [0.25, 0.3) is 10.0 Å². The van der Waals surface area contributed by atoms with Gasteiger partial charge >= 0.3 is 0 Å². The lowest BCUT2D eigenvalue weighted by molar-refractivity contribution is -0.120. The number of halogens is 1. The molecule has 3 aromatic rings. The maximum Gasteiger partial charge on any atom is 0.264 e. The quantitative estimate of drug-likeness (QED) is 0.516. The fourth-order valence-electron chi connectivity index (χ4n) is 3.72. The number of carbonyl (C=O) groups excluding carboxylic acids is 1. The van der Waals surface area contributed by atoms with E-state index in [1.165, 1.54) is 12.1 Å². The monoisotopic (exact) mass is 500 g/mol. The van der Waals surface area contributed by atoms with E-state index in [2.05, 4.69) is 5.32 Å². The van der Waals surface area contributed by atoms with E-state index in [4.69, 9.17) is 21.1 Å². The Balaban J connectivity index is 1.60. The van der Waals surface area contributed by atoms with Crippen LogP contribution in [-0.2, 0) is 14.8 Å². The number of ether oxygens (including phenoxy) is 2. The molecule has 0 aromatic heterocycles. The molecule has 0 aliphatic carbocycles. The van der Waals surface area contributed by atoms with Gasteiger partial charge in [-0.1, -0.05) is 41.9 Å². The van der Waals surface area contributed by atoms with E-state index < -0.39 is 22.5 Å². The molecule has 0 bridgehead atoms. The Labute approximate surface area is 204 Å². The molecule has 4 rings (SSSR count). The van der Waals surface area contributed by atoms with Gasteiger partial charge in [0.15, 0.2) is 11.5 Å². The molecule has 1 atom stereocenters. The first-order valence-corrected chi connectivity index (χ1v) is 12.6. The van der Waals surface area contributed by atoms with Crippen LogP contribution in [0.5, 0.6) is 11.5 Å². The van der Waals surface area contributed by atoms with Crippen LogP contribution in [0.25, 0.3) is 0 Å². The summed E-state index contributed by atoms with van der Waals surface area (Å²) in [5.74, 6) is 0.819. The number of carbonyl (C=O) groups is 1. The minimum atomic E-state index is -4.02. The minimum absolute atomic E-state index is 0.0852. The lowest BCUT2D eigenvalue weighted by Gasteiger charge is -2.27. The van der Waals surface area contributed by atoms with Crippen molar-refractivity contribution in [2.75, 3.05) is 24.1 Å². The SMILES string of the molecule is Cc1c(Cl)cccc1N(CC(=O)NC(C)c1ccc2c(c1)OCCO2)S(=O)(=O)c1ccccc1. The van der Waals surface area contributed by atoms with E-state index in [-0.39, 0.29) is 10.9 Å². The van der Waals surface area contributed by atoms with Gasteiger partial charge in [-0.3, -0.25) is 9.10 Å². The van der Waals surface area contributed by atoms with Gasteiger partial charge in [-0.05, 0) is 61.4 Å². The molecule has 1 aliphatic rings. The second-order valence-corrected chi connectivity index (χ2v) is 10.2. The summed E-state index contributed by atoms with van der Waals surface area (Å²) in [4.78, 5) is 13.2. The molecule has 0 saturated heterocycles. The van der Waals surface area contributed by atoms with E-state index in [1.807, 2.05) is 19.1 Å². The van der Waals surface area contributed by atoms with Gasteiger partial charge in [-0.2, -0.15) is 0 Å². The third kappa shape index (κ3) is 4.98. The van der Waals surface area contributed by atoms with Crippen molar-refractivity contribution in [1.29, 1.82) is 0 Å². The molecule has 0 fully saturated rings. The van der Waals surface area contributed by atoms with E-state index in [0.717, 1.165) is 9.87 Å². The summed E-state index contributed by atoms with van der Waals surface area (Å²) < 4.78 is 39.3. The molecular weight excluding hydrogens is 476 g/mol. The van der Waals surface area contributed by atoms with Crippen molar-refractivity contribution in [2.24, 2.45) is 0 Å². The topological polar surface area (TPSA) is 84.9 Å². The summed E-state index contributed by atoms with van der Waals surface area (Å²) in [6.07, 6.45) is 0.